The molecule has 6 atom stereocenters. The molecule has 2 aromatic rings. The average Bonchev–Trinajstić information content (AvgIpc) is 3.47. The molecule has 0 N–H and O–H groups in total. The molecule has 0 unspecified atom stereocenters. The highest BCUT2D eigenvalue weighted by Crippen LogP contribution is 2.60. The summed E-state index contributed by atoms with van der Waals surface area (Å²) in [6.07, 6.45) is 0.692. The molecule has 3 aliphatic rings. The number of Topliss-reactive ketones (excluding diaryl/α,β-unsaturated/α-hetero) is 1. The van der Waals surface area contributed by atoms with Crippen molar-refractivity contribution in [2.45, 2.75) is 16.1 Å². The lowest BCUT2D eigenvalue weighted by Crippen LogP contribution is -2.52. The Morgan fingerprint density at radius 1 is 0.944 bits per heavy atom. The van der Waals surface area contributed by atoms with Gasteiger partial charge < -0.3 is 0 Å². The van der Waals surface area contributed by atoms with Gasteiger partial charge in [-0.15, -0.1) is 0 Å². The smallest absolute Gasteiger partial charge is 0.273 e. The molecule has 1 aliphatic heterocycles. The number of halogens is 3. The third-order valence-electron chi connectivity index (χ3n) is 7.22. The van der Waals surface area contributed by atoms with E-state index in [9.17, 15) is 33.7 Å². The van der Waals surface area contributed by atoms with Crippen molar-refractivity contribution in [3.05, 3.63) is 75.6 Å². The first-order valence-electron chi connectivity index (χ1n) is 11.1. The van der Waals surface area contributed by atoms with Crippen molar-refractivity contribution in [2.24, 2.45) is 23.7 Å². The van der Waals surface area contributed by atoms with Crippen LogP contribution in [0.3, 0.4) is 0 Å². The van der Waals surface area contributed by atoms with Crippen molar-refractivity contribution in [1.82, 2.24) is 10.0 Å². The third-order valence-corrected chi connectivity index (χ3v) is 10.4. The number of non-ortho nitro benzene ring substituents is 1. The Labute approximate surface area is 221 Å². The standard InChI is InChI=1S/C24H18Br2FN3O6/c25-20-15-9-16(21(20)26)19-18(15)23(33)29(24(19)34)28(10-17(31)11-1-5-13(27)6-2-11)22(32)12-3-7-14(8-4-12)30(35)36/h1-8,15-16,18-21H,9-10H2/t15-,16-,18-,19+,20-,21+/m1/s1. The Hall–Kier alpha value is -2.99. The molecule has 2 aromatic carbocycles. The van der Waals surface area contributed by atoms with Gasteiger partial charge in [0.1, 0.15) is 12.4 Å². The Morgan fingerprint density at radius 3 is 1.94 bits per heavy atom. The minimum Gasteiger partial charge on any atom is -0.292 e. The van der Waals surface area contributed by atoms with Crippen LogP contribution in [0.4, 0.5) is 10.1 Å². The van der Waals surface area contributed by atoms with Gasteiger partial charge >= 0.3 is 0 Å². The molecule has 3 fully saturated rings. The maximum absolute atomic E-state index is 13.5. The van der Waals surface area contributed by atoms with Crippen LogP contribution in [0, 0.1) is 39.6 Å². The van der Waals surface area contributed by atoms with Gasteiger partial charge in [0.2, 0.25) is 0 Å². The summed E-state index contributed by atoms with van der Waals surface area (Å²) >= 11 is 7.23. The number of nitrogens with zero attached hydrogens (tertiary/aromatic N) is 3. The molecule has 1 saturated heterocycles. The van der Waals surface area contributed by atoms with E-state index in [1.54, 1.807) is 0 Å². The average molecular weight is 623 g/mol. The van der Waals surface area contributed by atoms with Crippen LogP contribution in [0.2, 0.25) is 0 Å². The molecule has 0 radical (unpaired) electrons. The number of imide groups is 1. The summed E-state index contributed by atoms with van der Waals surface area (Å²) in [5.74, 6) is -4.53. The Bertz CT molecular complexity index is 1260. The number of hydrogen-bond donors (Lipinski definition) is 0. The van der Waals surface area contributed by atoms with Crippen molar-refractivity contribution in [2.75, 3.05) is 6.54 Å². The quantitative estimate of drug-likeness (QED) is 0.159. The predicted molar refractivity (Wildman–Crippen MR) is 131 cm³/mol. The summed E-state index contributed by atoms with van der Waals surface area (Å²) in [6.45, 7) is -0.650. The molecular formula is C24H18Br2FN3O6. The number of fused-ring (bicyclic) bond motifs is 5. The van der Waals surface area contributed by atoms with Gasteiger partial charge in [-0.3, -0.25) is 29.3 Å². The molecule has 3 amide bonds. The maximum Gasteiger partial charge on any atom is 0.273 e. The molecule has 9 nitrogen and oxygen atoms in total. The van der Waals surface area contributed by atoms with E-state index in [1.165, 1.54) is 24.3 Å². The lowest BCUT2D eigenvalue weighted by Gasteiger charge is -2.30. The van der Waals surface area contributed by atoms with E-state index < -0.39 is 52.6 Å². The number of carbonyl (C=O) groups excluding carboxylic acids is 4. The number of alkyl halides is 2. The topological polar surface area (TPSA) is 118 Å². The molecule has 5 rings (SSSR count). The van der Waals surface area contributed by atoms with Crippen molar-refractivity contribution in [3.8, 4) is 0 Å². The molecule has 186 valence electrons. The second kappa shape index (κ2) is 9.15. The first-order chi connectivity index (χ1) is 17.1. The zero-order valence-electron chi connectivity index (χ0n) is 18.4. The zero-order valence-corrected chi connectivity index (χ0v) is 21.6. The molecule has 0 spiro atoms. The van der Waals surface area contributed by atoms with E-state index in [0.717, 1.165) is 34.3 Å². The fraction of sp³-hybridized carbons (Fsp3) is 0.333. The number of rotatable bonds is 6. The Morgan fingerprint density at radius 2 is 1.44 bits per heavy atom. The van der Waals surface area contributed by atoms with Gasteiger partial charge in [0.25, 0.3) is 23.4 Å². The highest BCUT2D eigenvalue weighted by atomic mass is 79.9. The van der Waals surface area contributed by atoms with Crippen LogP contribution in [0.1, 0.15) is 27.1 Å². The van der Waals surface area contributed by atoms with E-state index in [4.69, 9.17) is 0 Å². The monoisotopic (exact) mass is 621 g/mol. The zero-order chi connectivity index (χ0) is 25.9. The van der Waals surface area contributed by atoms with Crippen molar-refractivity contribution in [3.63, 3.8) is 0 Å². The minimum atomic E-state index is -0.833. The van der Waals surface area contributed by atoms with Gasteiger partial charge in [-0.05, 0) is 54.7 Å². The summed E-state index contributed by atoms with van der Waals surface area (Å²) in [6, 6.07) is 9.34. The molecule has 0 aromatic heterocycles. The van der Waals surface area contributed by atoms with Crippen LogP contribution >= 0.6 is 31.9 Å². The summed E-state index contributed by atoms with van der Waals surface area (Å²) in [7, 11) is 0. The van der Waals surface area contributed by atoms with Crippen LogP contribution < -0.4 is 0 Å². The van der Waals surface area contributed by atoms with Crippen LogP contribution in [0.25, 0.3) is 0 Å². The van der Waals surface area contributed by atoms with Gasteiger partial charge in [-0.2, -0.15) is 5.01 Å². The van der Waals surface area contributed by atoms with Crippen LogP contribution in [-0.4, -0.2) is 54.6 Å². The summed E-state index contributed by atoms with van der Waals surface area (Å²) in [4.78, 5) is 64.0. The highest BCUT2D eigenvalue weighted by molar-refractivity contribution is 9.12. The molecular weight excluding hydrogens is 605 g/mol. The number of ketones is 1. The maximum atomic E-state index is 13.5. The third kappa shape index (κ3) is 3.86. The summed E-state index contributed by atoms with van der Waals surface area (Å²) in [5, 5.41) is 12.6. The van der Waals surface area contributed by atoms with E-state index in [2.05, 4.69) is 31.9 Å². The Kier molecular flexibility index (Phi) is 6.27. The fourth-order valence-electron chi connectivity index (χ4n) is 5.54. The minimum absolute atomic E-state index is 0.0138. The first kappa shape index (κ1) is 24.7. The molecule has 36 heavy (non-hydrogen) atoms. The number of benzene rings is 2. The van der Waals surface area contributed by atoms with Crippen LogP contribution in [0.15, 0.2) is 48.5 Å². The summed E-state index contributed by atoms with van der Waals surface area (Å²) in [5.41, 5.74) is -0.185. The number of hydrazine groups is 1. The molecule has 2 aliphatic carbocycles. The van der Waals surface area contributed by atoms with E-state index in [0.29, 0.717) is 6.42 Å². The predicted octanol–water partition coefficient (Wildman–Crippen LogP) is 3.75. The molecule has 2 bridgehead atoms. The largest absolute Gasteiger partial charge is 0.292 e. The molecule has 1 heterocycles. The SMILES string of the molecule is O=C(CN(C(=O)c1ccc([N+](=O)[O-])cc1)N1C(=O)[C@@H]2[C@H]3C[C@@H]([C@H](Br)[C@@H]3Br)[C@@H]2C1=O)c1ccc(F)cc1. The second-order valence-electron chi connectivity index (χ2n) is 9.09. The lowest BCUT2D eigenvalue weighted by molar-refractivity contribution is -0.384. The van der Waals surface area contributed by atoms with Gasteiger partial charge in [0.15, 0.2) is 5.78 Å². The van der Waals surface area contributed by atoms with Crippen molar-refractivity contribution < 1.29 is 28.5 Å². The van der Waals surface area contributed by atoms with Gasteiger partial charge in [0, 0.05) is 32.9 Å². The van der Waals surface area contributed by atoms with Crippen LogP contribution in [-0.2, 0) is 9.59 Å². The van der Waals surface area contributed by atoms with E-state index in [-0.39, 0.29) is 38.3 Å². The van der Waals surface area contributed by atoms with E-state index >= 15 is 0 Å². The number of amides is 3. The number of nitro benzene ring substituents is 1. The van der Waals surface area contributed by atoms with Gasteiger partial charge in [-0.1, -0.05) is 31.9 Å². The molecule has 2 saturated carbocycles. The summed E-state index contributed by atoms with van der Waals surface area (Å²) < 4.78 is 13.3. The first-order valence-corrected chi connectivity index (χ1v) is 12.9. The number of carbonyl (C=O) groups is 4. The van der Waals surface area contributed by atoms with Crippen molar-refractivity contribution in [1.29, 1.82) is 0 Å². The van der Waals surface area contributed by atoms with E-state index in [1.807, 2.05) is 0 Å². The molecule has 12 heteroatoms. The van der Waals surface area contributed by atoms with Gasteiger partial charge in [-0.25, -0.2) is 9.40 Å². The lowest BCUT2D eigenvalue weighted by atomic mass is 9.81. The van der Waals surface area contributed by atoms with Crippen molar-refractivity contribution >= 4 is 61.1 Å². The van der Waals surface area contributed by atoms with Crippen LogP contribution in [0.5, 0.6) is 0 Å². The highest BCUT2D eigenvalue weighted by Gasteiger charge is 2.67. The normalized spacial score (nSPS) is 28.4. The second-order valence-corrected chi connectivity index (χ2v) is 11.2. The number of hydrogen-bond acceptors (Lipinski definition) is 6. The Balaban J connectivity index is 1.50. The fourth-order valence-corrected chi connectivity index (χ4v) is 7.42. The van der Waals surface area contributed by atoms with Gasteiger partial charge in [0.05, 0.1) is 16.8 Å². The number of nitro groups is 1.